The lowest BCUT2D eigenvalue weighted by atomic mass is 9.97. The smallest absolute Gasteiger partial charge is 0.341 e. The quantitative estimate of drug-likeness (QED) is 0.686. The molecule has 0 atom stereocenters. The van der Waals surface area contributed by atoms with Crippen LogP contribution >= 0.6 is 0 Å². The maximum absolute atomic E-state index is 13.9. The molecule has 16 heavy (non-hydrogen) atoms. The molecule has 0 unspecified atom stereocenters. The number of aryl methyl sites for hydroxylation is 1. The predicted molar refractivity (Wildman–Crippen MR) is 56.3 cm³/mol. The van der Waals surface area contributed by atoms with Crippen LogP contribution in [0.2, 0.25) is 0 Å². The molecular formula is C12H13FO3. The molecular weight excluding hydrogens is 211 g/mol. The lowest BCUT2D eigenvalue weighted by Gasteiger charge is -2.20. The number of carbonyl (C=O) groups is 1. The number of carbonyl (C=O) groups excluding carboxylic acids is 1. The first-order valence-corrected chi connectivity index (χ1v) is 5.18. The van der Waals surface area contributed by atoms with Crippen molar-refractivity contribution in [2.45, 2.75) is 19.8 Å². The lowest BCUT2D eigenvalue weighted by Crippen LogP contribution is -2.16. The maximum Gasteiger partial charge on any atom is 0.341 e. The van der Waals surface area contributed by atoms with Crippen LogP contribution in [-0.4, -0.2) is 19.7 Å². The molecule has 0 spiro atoms. The fraction of sp³-hybridized carbons (Fsp3) is 0.417. The first-order chi connectivity index (χ1) is 7.65. The van der Waals surface area contributed by atoms with Crippen LogP contribution in [0.5, 0.6) is 5.75 Å². The van der Waals surface area contributed by atoms with Crippen molar-refractivity contribution in [2.75, 3.05) is 13.7 Å². The number of ether oxygens (including phenoxy) is 2. The Labute approximate surface area is 93.2 Å². The SMILES string of the molecule is COC(=O)c1c(F)c(C)cc2c1CCCO2. The third-order valence-electron chi connectivity index (χ3n) is 2.73. The number of methoxy groups -OCH3 is 1. The van der Waals surface area contributed by atoms with E-state index in [9.17, 15) is 9.18 Å². The highest BCUT2D eigenvalue weighted by Crippen LogP contribution is 2.32. The molecule has 1 aromatic carbocycles. The molecule has 0 saturated carbocycles. The van der Waals surface area contributed by atoms with Gasteiger partial charge in [-0.3, -0.25) is 0 Å². The number of fused-ring (bicyclic) bond motifs is 1. The van der Waals surface area contributed by atoms with Gasteiger partial charge in [-0.25, -0.2) is 9.18 Å². The average Bonchev–Trinajstić information content (AvgIpc) is 2.30. The summed E-state index contributed by atoms with van der Waals surface area (Å²) in [4.78, 5) is 11.5. The van der Waals surface area contributed by atoms with Gasteiger partial charge in [-0.1, -0.05) is 0 Å². The molecule has 0 N–H and O–H groups in total. The summed E-state index contributed by atoms with van der Waals surface area (Å²) in [6, 6.07) is 1.64. The molecule has 1 aliphatic heterocycles. The monoisotopic (exact) mass is 224 g/mol. The Morgan fingerprint density at radius 2 is 2.31 bits per heavy atom. The highest BCUT2D eigenvalue weighted by Gasteiger charge is 2.25. The Bertz CT molecular complexity index is 440. The number of benzene rings is 1. The van der Waals surface area contributed by atoms with E-state index in [1.807, 2.05) is 0 Å². The van der Waals surface area contributed by atoms with Crippen LogP contribution in [0.25, 0.3) is 0 Å². The minimum Gasteiger partial charge on any atom is -0.493 e. The molecule has 2 rings (SSSR count). The molecule has 0 aliphatic carbocycles. The van der Waals surface area contributed by atoms with E-state index in [2.05, 4.69) is 4.74 Å². The van der Waals surface area contributed by atoms with Gasteiger partial charge in [0.1, 0.15) is 17.1 Å². The Balaban J connectivity index is 2.63. The van der Waals surface area contributed by atoms with Gasteiger partial charge in [0.05, 0.1) is 13.7 Å². The minimum absolute atomic E-state index is 0.0252. The minimum atomic E-state index is -0.636. The van der Waals surface area contributed by atoms with Crippen LogP contribution in [0.3, 0.4) is 0 Å². The van der Waals surface area contributed by atoms with Gasteiger partial charge in [0.15, 0.2) is 0 Å². The van der Waals surface area contributed by atoms with Crippen molar-refractivity contribution >= 4 is 5.97 Å². The zero-order valence-electron chi connectivity index (χ0n) is 9.30. The van der Waals surface area contributed by atoms with Gasteiger partial charge in [-0.05, 0) is 31.4 Å². The molecule has 0 saturated heterocycles. The molecule has 4 heteroatoms. The number of rotatable bonds is 1. The van der Waals surface area contributed by atoms with E-state index >= 15 is 0 Å². The van der Waals surface area contributed by atoms with E-state index in [0.717, 1.165) is 6.42 Å². The molecule has 0 radical (unpaired) electrons. The van der Waals surface area contributed by atoms with Crippen molar-refractivity contribution in [3.63, 3.8) is 0 Å². The highest BCUT2D eigenvalue weighted by atomic mass is 19.1. The molecule has 0 bridgehead atoms. The fourth-order valence-electron chi connectivity index (χ4n) is 1.92. The summed E-state index contributed by atoms with van der Waals surface area (Å²) in [6.07, 6.45) is 1.44. The van der Waals surface area contributed by atoms with Crippen molar-refractivity contribution in [3.8, 4) is 5.75 Å². The second-order valence-electron chi connectivity index (χ2n) is 3.80. The van der Waals surface area contributed by atoms with Crippen LogP contribution < -0.4 is 4.74 Å². The predicted octanol–water partition coefficient (Wildman–Crippen LogP) is 2.25. The first-order valence-electron chi connectivity index (χ1n) is 5.18. The summed E-state index contributed by atoms with van der Waals surface area (Å²) >= 11 is 0. The van der Waals surface area contributed by atoms with Gasteiger partial charge in [-0.2, -0.15) is 0 Å². The summed E-state index contributed by atoms with van der Waals surface area (Å²) in [5.41, 5.74) is 1.06. The fourth-order valence-corrected chi connectivity index (χ4v) is 1.92. The van der Waals surface area contributed by atoms with Crippen LogP contribution in [0.15, 0.2) is 6.07 Å². The van der Waals surface area contributed by atoms with Gasteiger partial charge in [-0.15, -0.1) is 0 Å². The lowest BCUT2D eigenvalue weighted by molar-refractivity contribution is 0.0592. The second-order valence-corrected chi connectivity index (χ2v) is 3.80. The Kier molecular flexibility index (Phi) is 2.81. The molecule has 1 aromatic rings. The Hall–Kier alpha value is -1.58. The topological polar surface area (TPSA) is 35.5 Å². The van der Waals surface area contributed by atoms with E-state index in [-0.39, 0.29) is 5.56 Å². The molecule has 0 amide bonds. The summed E-state index contributed by atoms with van der Waals surface area (Å²) in [6.45, 7) is 2.22. The van der Waals surface area contributed by atoms with Crippen LogP contribution in [0.4, 0.5) is 4.39 Å². The van der Waals surface area contributed by atoms with Crippen molar-refractivity contribution in [3.05, 3.63) is 28.6 Å². The van der Waals surface area contributed by atoms with Gasteiger partial charge >= 0.3 is 5.97 Å². The van der Waals surface area contributed by atoms with Crippen molar-refractivity contribution in [2.24, 2.45) is 0 Å². The molecule has 1 aliphatic rings. The Morgan fingerprint density at radius 3 is 3.00 bits per heavy atom. The van der Waals surface area contributed by atoms with Crippen LogP contribution in [-0.2, 0) is 11.2 Å². The maximum atomic E-state index is 13.9. The zero-order chi connectivity index (χ0) is 11.7. The van der Waals surface area contributed by atoms with E-state index < -0.39 is 11.8 Å². The van der Waals surface area contributed by atoms with E-state index in [4.69, 9.17) is 4.74 Å². The van der Waals surface area contributed by atoms with Crippen molar-refractivity contribution in [1.82, 2.24) is 0 Å². The highest BCUT2D eigenvalue weighted by molar-refractivity contribution is 5.92. The van der Waals surface area contributed by atoms with Gasteiger partial charge in [0.2, 0.25) is 0 Å². The summed E-state index contributed by atoms with van der Waals surface area (Å²) in [7, 11) is 1.25. The summed E-state index contributed by atoms with van der Waals surface area (Å²) in [5, 5.41) is 0. The van der Waals surface area contributed by atoms with Gasteiger partial charge in [0.25, 0.3) is 0 Å². The van der Waals surface area contributed by atoms with E-state index in [1.54, 1.807) is 13.0 Å². The number of halogens is 1. The van der Waals surface area contributed by atoms with Crippen LogP contribution in [0.1, 0.15) is 27.9 Å². The standard InChI is InChI=1S/C12H13FO3/c1-7-6-9-8(4-3-5-16-9)10(11(7)13)12(14)15-2/h6H,3-5H2,1-2H3. The zero-order valence-corrected chi connectivity index (χ0v) is 9.30. The van der Waals surface area contributed by atoms with Gasteiger partial charge in [0, 0.05) is 5.56 Å². The Morgan fingerprint density at radius 1 is 1.56 bits per heavy atom. The van der Waals surface area contributed by atoms with Crippen molar-refractivity contribution < 1.29 is 18.7 Å². The molecule has 86 valence electrons. The normalized spacial score (nSPS) is 13.9. The molecule has 0 aromatic heterocycles. The number of hydrogen-bond acceptors (Lipinski definition) is 3. The molecule has 0 fully saturated rings. The average molecular weight is 224 g/mol. The summed E-state index contributed by atoms with van der Waals surface area (Å²) in [5.74, 6) is -0.537. The third kappa shape index (κ3) is 1.64. The number of esters is 1. The molecule has 3 nitrogen and oxygen atoms in total. The van der Waals surface area contributed by atoms with Crippen molar-refractivity contribution in [1.29, 1.82) is 0 Å². The summed E-state index contributed by atoms with van der Waals surface area (Å²) < 4.78 is 23.9. The van der Waals surface area contributed by atoms with E-state index in [0.29, 0.717) is 29.9 Å². The molecule has 1 heterocycles. The van der Waals surface area contributed by atoms with E-state index in [1.165, 1.54) is 7.11 Å². The first kappa shape index (κ1) is 10.9. The second kappa shape index (κ2) is 4.12. The third-order valence-corrected chi connectivity index (χ3v) is 2.73. The van der Waals surface area contributed by atoms with Gasteiger partial charge < -0.3 is 9.47 Å². The largest absolute Gasteiger partial charge is 0.493 e. The van der Waals surface area contributed by atoms with Crippen LogP contribution in [0, 0.1) is 12.7 Å². The number of hydrogen-bond donors (Lipinski definition) is 0.